The maximum atomic E-state index is 9.55. The zero-order chi connectivity index (χ0) is 11.6. The van der Waals surface area contributed by atoms with Crippen LogP contribution in [0, 0.1) is 0 Å². The van der Waals surface area contributed by atoms with Crippen molar-refractivity contribution in [2.24, 2.45) is 0 Å². The van der Waals surface area contributed by atoms with E-state index in [1.807, 2.05) is 0 Å². The second-order valence-corrected chi connectivity index (χ2v) is 14.3. The summed E-state index contributed by atoms with van der Waals surface area (Å²) < 4.78 is 15.4. The quantitative estimate of drug-likeness (QED) is 0.437. The molecule has 0 amide bonds. The van der Waals surface area contributed by atoms with E-state index in [-0.39, 0.29) is 0 Å². The molecule has 0 radical (unpaired) electrons. The molecule has 0 aromatic carbocycles. The van der Waals surface area contributed by atoms with Gasteiger partial charge >= 0.3 is 25.7 Å². The highest BCUT2D eigenvalue weighted by Gasteiger charge is 2.37. The van der Waals surface area contributed by atoms with Gasteiger partial charge in [-0.3, -0.25) is 9.15 Å². The molecule has 2 N–H and O–H groups in total. The van der Waals surface area contributed by atoms with Crippen molar-refractivity contribution < 1.29 is 22.9 Å². The van der Waals surface area contributed by atoms with Gasteiger partial charge in [0.15, 0.2) is 0 Å². The molecule has 0 rings (SSSR count). The Balaban J connectivity index is 4.09. The lowest BCUT2D eigenvalue weighted by molar-refractivity contribution is -0.153. The monoisotopic (exact) mass is 256 g/mol. The molecule has 0 aromatic rings. The van der Waals surface area contributed by atoms with Gasteiger partial charge in [-0.15, -0.1) is 0 Å². The van der Waals surface area contributed by atoms with Crippen molar-refractivity contribution in [2.75, 3.05) is 0 Å². The van der Waals surface area contributed by atoms with E-state index in [0.717, 1.165) is 0 Å². The molecule has 0 fully saturated rings. The van der Waals surface area contributed by atoms with Crippen LogP contribution in [0.5, 0.6) is 0 Å². The van der Waals surface area contributed by atoms with Crippen molar-refractivity contribution in [3.63, 3.8) is 0 Å². The Hall–Kier alpha value is 0.451. The lowest BCUT2D eigenvalue weighted by Crippen LogP contribution is -2.48. The minimum Gasteiger partial charge on any atom is -0.414 e. The summed E-state index contributed by atoms with van der Waals surface area (Å²) >= 11 is 0. The molecule has 0 unspecified atom stereocenters. The fourth-order valence-corrected chi connectivity index (χ4v) is 7.39. The third kappa shape index (κ3) is 9.02. The van der Waals surface area contributed by atoms with Crippen LogP contribution in [0.25, 0.3) is 0 Å². The minimum absolute atomic E-state index is 1.60. The van der Waals surface area contributed by atoms with Gasteiger partial charge in [-0.25, -0.2) is 0 Å². The smallest absolute Gasteiger partial charge is 0.364 e. The molecule has 0 aliphatic carbocycles. The topological polar surface area (TPSA) is 68.2 Å². The first-order valence-corrected chi connectivity index (χ1v) is 13.0. The summed E-state index contributed by atoms with van der Waals surface area (Å²) in [6.07, 6.45) is 0. The first kappa shape index (κ1) is 14.5. The number of hydrogen-bond acceptors (Lipinski definition) is 5. The van der Waals surface area contributed by atoms with Gasteiger partial charge < -0.3 is 13.7 Å². The van der Waals surface area contributed by atoms with Crippen molar-refractivity contribution >= 4 is 25.7 Å². The molecule has 0 spiro atoms. The lowest BCUT2D eigenvalue weighted by Gasteiger charge is -2.29. The molecule has 0 saturated heterocycles. The van der Waals surface area contributed by atoms with Crippen molar-refractivity contribution in [1.82, 2.24) is 0 Å². The maximum Gasteiger partial charge on any atom is 0.364 e. The lowest BCUT2D eigenvalue weighted by atomic mass is 11.9. The van der Waals surface area contributed by atoms with Gasteiger partial charge in [0.2, 0.25) is 0 Å². The van der Waals surface area contributed by atoms with Gasteiger partial charge in [0.25, 0.3) is 0 Å². The second kappa shape index (κ2) is 4.53. The molecule has 8 heteroatoms. The fourth-order valence-electron chi connectivity index (χ4n) is 0.821. The van der Waals surface area contributed by atoms with E-state index in [4.69, 9.17) is 13.3 Å². The molecule has 0 aliphatic heterocycles. The number of rotatable bonds is 5. The summed E-state index contributed by atoms with van der Waals surface area (Å²) in [5, 5.41) is 0. The van der Waals surface area contributed by atoms with Crippen LogP contribution in [-0.4, -0.2) is 35.3 Å². The minimum atomic E-state index is -2.68. The molecule has 0 bridgehead atoms. The third-order valence-corrected chi connectivity index (χ3v) is 6.05. The average molecular weight is 256 g/mol. The summed E-state index contributed by atoms with van der Waals surface area (Å²) in [6.45, 7) is 10.0. The van der Waals surface area contributed by atoms with Crippen LogP contribution < -0.4 is 0 Å². The molecule has 0 saturated carbocycles. The van der Waals surface area contributed by atoms with E-state index in [2.05, 4.69) is 0 Å². The molecule has 14 heavy (non-hydrogen) atoms. The van der Waals surface area contributed by atoms with E-state index in [0.29, 0.717) is 0 Å². The first-order chi connectivity index (χ1) is 5.91. The Morgan fingerprint density at radius 3 is 1.43 bits per heavy atom. The molecular weight excluding hydrogens is 236 g/mol. The van der Waals surface area contributed by atoms with Gasteiger partial charge in [0, 0.05) is 0 Å². The highest BCUT2D eigenvalue weighted by molar-refractivity contribution is 6.78. The molecule has 86 valence electrons. The zero-order valence-corrected chi connectivity index (χ0v) is 12.6. The Morgan fingerprint density at radius 1 is 0.714 bits per heavy atom. The predicted octanol–water partition coefficient (Wildman–Crippen LogP) is 1.04. The second-order valence-electron chi connectivity index (χ2n) is 4.56. The highest BCUT2D eigenvalue weighted by atomic mass is 28.5. The van der Waals surface area contributed by atoms with E-state index in [1.54, 1.807) is 39.3 Å². The van der Waals surface area contributed by atoms with Crippen LogP contribution in [0.4, 0.5) is 0 Å². The van der Waals surface area contributed by atoms with Gasteiger partial charge in [0.1, 0.15) is 0 Å². The summed E-state index contributed by atoms with van der Waals surface area (Å²) in [5.41, 5.74) is 0. The predicted molar refractivity (Wildman–Crippen MR) is 60.1 cm³/mol. The van der Waals surface area contributed by atoms with Gasteiger partial charge in [0.05, 0.1) is 0 Å². The summed E-state index contributed by atoms with van der Waals surface area (Å²) in [7, 11) is -7.76. The van der Waals surface area contributed by atoms with Crippen LogP contribution in [0.3, 0.4) is 0 Å². The zero-order valence-electron chi connectivity index (χ0n) is 9.62. The van der Waals surface area contributed by atoms with Crippen LogP contribution >= 0.6 is 0 Å². The molecule has 0 atom stereocenters. The first-order valence-electron chi connectivity index (χ1n) is 4.43. The summed E-state index contributed by atoms with van der Waals surface area (Å²) in [4.78, 5) is 18.9. The SMILES string of the molecule is C[Si](C)(O)OO[Si](C)(C)O[Si](C)(C)O. The Kier molecular flexibility index (Phi) is 4.68. The van der Waals surface area contributed by atoms with Gasteiger partial charge in [-0.1, -0.05) is 0 Å². The fraction of sp³-hybridized carbons (Fsp3) is 1.00. The van der Waals surface area contributed by atoms with E-state index < -0.39 is 25.7 Å². The maximum absolute atomic E-state index is 9.55. The molecule has 0 heterocycles. The van der Waals surface area contributed by atoms with Gasteiger partial charge in [-0.05, 0) is 39.3 Å². The molecule has 0 aliphatic rings. The van der Waals surface area contributed by atoms with Crippen molar-refractivity contribution in [3.8, 4) is 0 Å². The number of hydrogen-bond donors (Lipinski definition) is 2. The van der Waals surface area contributed by atoms with Crippen molar-refractivity contribution in [2.45, 2.75) is 39.3 Å². The van der Waals surface area contributed by atoms with E-state index in [9.17, 15) is 9.59 Å². The Bertz CT molecular complexity index is 183. The molecular formula is C6H20O5Si3. The van der Waals surface area contributed by atoms with Crippen LogP contribution in [0.1, 0.15) is 0 Å². The summed E-state index contributed by atoms with van der Waals surface area (Å²) in [5.74, 6) is 0. The van der Waals surface area contributed by atoms with E-state index in [1.165, 1.54) is 0 Å². The molecule has 0 aromatic heterocycles. The molecule has 5 nitrogen and oxygen atoms in total. The Labute approximate surface area is 88.3 Å². The summed E-state index contributed by atoms with van der Waals surface area (Å²) in [6, 6.07) is 0. The van der Waals surface area contributed by atoms with Crippen LogP contribution in [0.15, 0.2) is 0 Å². The van der Waals surface area contributed by atoms with Crippen LogP contribution in [0.2, 0.25) is 39.3 Å². The average Bonchev–Trinajstić information content (AvgIpc) is 1.76. The standard InChI is InChI=1S/C6H20O5Si3/c1-12(2,7)9-10-14(5,6)11-13(3,4)8/h7-8H,1-6H3. The van der Waals surface area contributed by atoms with Crippen molar-refractivity contribution in [3.05, 3.63) is 0 Å². The highest BCUT2D eigenvalue weighted by Crippen LogP contribution is 2.15. The Morgan fingerprint density at radius 2 is 1.14 bits per heavy atom. The van der Waals surface area contributed by atoms with Crippen molar-refractivity contribution in [1.29, 1.82) is 0 Å². The van der Waals surface area contributed by atoms with Crippen LogP contribution in [-0.2, 0) is 13.3 Å². The van der Waals surface area contributed by atoms with E-state index >= 15 is 0 Å². The third-order valence-electron chi connectivity index (χ3n) is 0.942. The normalized spacial score (nSPS) is 14.6. The van der Waals surface area contributed by atoms with Gasteiger partial charge in [-0.2, -0.15) is 0 Å². The largest absolute Gasteiger partial charge is 0.414 e.